The number of piperidine rings is 1. The molecule has 2 aliphatic rings. The summed E-state index contributed by atoms with van der Waals surface area (Å²) in [6.07, 6.45) is 1.38. The number of nitrogens with zero attached hydrogens (tertiary/aromatic N) is 1. The first-order valence-electron chi connectivity index (χ1n) is 6.60. The lowest BCUT2D eigenvalue weighted by molar-refractivity contribution is -0.205. The Morgan fingerprint density at radius 1 is 1.47 bits per heavy atom. The van der Waals surface area contributed by atoms with E-state index in [-0.39, 0.29) is 0 Å². The van der Waals surface area contributed by atoms with Crippen molar-refractivity contribution in [2.24, 2.45) is 0 Å². The van der Waals surface area contributed by atoms with Crippen molar-refractivity contribution < 1.29 is 14.6 Å². The number of carboxylic acid groups (broad SMARTS) is 1. The molecular weight excluding hydrogens is 244 g/mol. The fourth-order valence-corrected chi connectivity index (χ4v) is 2.88. The number of benzene rings is 1. The molecule has 0 amide bonds. The Morgan fingerprint density at radius 2 is 2.26 bits per heavy atom. The van der Waals surface area contributed by atoms with Crippen LogP contribution < -0.4 is 5.32 Å². The van der Waals surface area contributed by atoms with Gasteiger partial charge in [0.05, 0.1) is 13.3 Å². The quantitative estimate of drug-likeness (QED) is 0.848. The molecule has 2 aliphatic heterocycles. The van der Waals surface area contributed by atoms with Gasteiger partial charge < -0.3 is 15.2 Å². The van der Waals surface area contributed by atoms with Crippen LogP contribution in [0.5, 0.6) is 0 Å². The lowest BCUT2D eigenvalue weighted by Gasteiger charge is -2.40. The Morgan fingerprint density at radius 3 is 3.00 bits per heavy atom. The van der Waals surface area contributed by atoms with Crippen molar-refractivity contribution in [2.45, 2.75) is 31.2 Å². The average Bonchev–Trinajstić information content (AvgIpc) is 2.83. The Labute approximate surface area is 112 Å². The van der Waals surface area contributed by atoms with E-state index >= 15 is 0 Å². The minimum atomic E-state index is -1.17. The monoisotopic (exact) mass is 262 g/mol. The molecule has 2 fully saturated rings. The molecule has 5 heteroatoms. The molecule has 102 valence electrons. The lowest BCUT2D eigenvalue weighted by Crippen LogP contribution is -2.58. The highest BCUT2D eigenvalue weighted by atomic mass is 16.5. The summed E-state index contributed by atoms with van der Waals surface area (Å²) in [4.78, 5) is 13.6. The minimum Gasteiger partial charge on any atom is -0.478 e. The number of aliphatic carboxylic acids is 1. The highest BCUT2D eigenvalue weighted by Gasteiger charge is 2.51. The first kappa shape index (κ1) is 12.6. The molecular formula is C14H18N2O3. The van der Waals surface area contributed by atoms with Gasteiger partial charge in [-0.15, -0.1) is 0 Å². The van der Waals surface area contributed by atoms with Gasteiger partial charge in [0.2, 0.25) is 5.72 Å². The van der Waals surface area contributed by atoms with Crippen LogP contribution in [0.3, 0.4) is 0 Å². The lowest BCUT2D eigenvalue weighted by atomic mass is 9.97. The summed E-state index contributed by atoms with van der Waals surface area (Å²) in [7, 11) is 0. The summed E-state index contributed by atoms with van der Waals surface area (Å²) in [5.74, 6) is -0.884. The number of hydrogen-bond donors (Lipinski definition) is 2. The van der Waals surface area contributed by atoms with Gasteiger partial charge >= 0.3 is 5.97 Å². The Kier molecular flexibility index (Phi) is 3.26. The van der Waals surface area contributed by atoms with Crippen molar-refractivity contribution in [3.8, 4) is 0 Å². The predicted molar refractivity (Wildman–Crippen MR) is 69.3 cm³/mol. The van der Waals surface area contributed by atoms with Crippen molar-refractivity contribution in [3.05, 3.63) is 35.9 Å². The Bertz CT molecular complexity index is 465. The van der Waals surface area contributed by atoms with Gasteiger partial charge in [-0.2, -0.15) is 0 Å². The SMILES string of the molecule is O=C(O)C1(OCc2ccccc2)CCC2CN1CN2. The van der Waals surface area contributed by atoms with E-state index in [0.717, 1.165) is 18.5 Å². The largest absolute Gasteiger partial charge is 0.478 e. The van der Waals surface area contributed by atoms with Gasteiger partial charge in [0, 0.05) is 19.0 Å². The number of carbonyl (C=O) groups is 1. The third-order valence-electron chi connectivity index (χ3n) is 4.01. The number of fused-ring (bicyclic) bond motifs is 2. The number of carboxylic acids is 1. The molecule has 3 unspecified atom stereocenters. The number of hydrogen-bond acceptors (Lipinski definition) is 4. The van der Waals surface area contributed by atoms with Gasteiger partial charge in [0.25, 0.3) is 0 Å². The maximum absolute atomic E-state index is 11.7. The topological polar surface area (TPSA) is 61.8 Å². The molecule has 0 radical (unpaired) electrons. The molecule has 2 heterocycles. The Balaban J connectivity index is 1.76. The first-order chi connectivity index (χ1) is 9.21. The molecule has 0 aromatic heterocycles. The Hall–Kier alpha value is -1.43. The standard InChI is InChI=1S/C14H18N2O3/c17-13(18)14(7-6-12-8-16(14)10-15-12)19-9-11-4-2-1-3-5-11/h1-5,12,15H,6-10H2,(H,17,18). The fraction of sp³-hybridized carbons (Fsp3) is 0.500. The van der Waals surface area contributed by atoms with Crippen LogP contribution in [0.4, 0.5) is 0 Å². The zero-order valence-electron chi connectivity index (χ0n) is 10.7. The van der Waals surface area contributed by atoms with E-state index in [1.165, 1.54) is 0 Å². The van der Waals surface area contributed by atoms with Gasteiger partial charge in [0.15, 0.2) is 0 Å². The average molecular weight is 262 g/mol. The maximum Gasteiger partial charge on any atom is 0.351 e. The second kappa shape index (κ2) is 4.92. The number of nitrogens with one attached hydrogen (secondary N) is 1. The van der Waals surface area contributed by atoms with Crippen LogP contribution in [0, 0.1) is 0 Å². The molecule has 2 N–H and O–H groups in total. The first-order valence-corrected chi connectivity index (χ1v) is 6.60. The van der Waals surface area contributed by atoms with Crippen LogP contribution in [0.2, 0.25) is 0 Å². The van der Waals surface area contributed by atoms with E-state index in [1.54, 1.807) is 0 Å². The van der Waals surface area contributed by atoms with E-state index < -0.39 is 11.7 Å². The molecule has 19 heavy (non-hydrogen) atoms. The zero-order valence-corrected chi connectivity index (χ0v) is 10.7. The number of rotatable bonds is 4. The molecule has 0 aliphatic carbocycles. The highest BCUT2D eigenvalue weighted by molar-refractivity contribution is 5.77. The van der Waals surface area contributed by atoms with Gasteiger partial charge in [-0.25, -0.2) is 4.79 Å². The third kappa shape index (κ3) is 2.25. The minimum absolute atomic E-state index is 0.328. The fourth-order valence-electron chi connectivity index (χ4n) is 2.88. The molecule has 1 aromatic rings. The van der Waals surface area contributed by atoms with Crippen molar-refractivity contribution >= 4 is 5.97 Å². The van der Waals surface area contributed by atoms with E-state index in [4.69, 9.17) is 4.74 Å². The summed E-state index contributed by atoms with van der Waals surface area (Å²) in [5.41, 5.74) is -0.173. The van der Waals surface area contributed by atoms with Gasteiger partial charge in [-0.3, -0.25) is 4.90 Å². The molecule has 2 saturated heterocycles. The van der Waals surface area contributed by atoms with E-state index in [1.807, 2.05) is 35.2 Å². The van der Waals surface area contributed by atoms with Crippen molar-refractivity contribution in [3.63, 3.8) is 0 Å². The summed E-state index contributed by atoms with van der Waals surface area (Å²) in [6.45, 7) is 1.67. The molecule has 0 spiro atoms. The van der Waals surface area contributed by atoms with Crippen LogP contribution in [-0.4, -0.2) is 41.0 Å². The van der Waals surface area contributed by atoms with Gasteiger partial charge in [-0.05, 0) is 12.0 Å². The van der Waals surface area contributed by atoms with Crippen LogP contribution in [-0.2, 0) is 16.1 Å². The summed E-state index contributed by atoms with van der Waals surface area (Å²) >= 11 is 0. The van der Waals surface area contributed by atoms with Crippen LogP contribution in [0.25, 0.3) is 0 Å². The maximum atomic E-state index is 11.7. The smallest absolute Gasteiger partial charge is 0.351 e. The van der Waals surface area contributed by atoms with Crippen molar-refractivity contribution in [2.75, 3.05) is 13.2 Å². The van der Waals surface area contributed by atoms with E-state index in [2.05, 4.69) is 5.32 Å². The predicted octanol–water partition coefficient (Wildman–Crippen LogP) is 1.01. The molecule has 3 rings (SSSR count). The summed E-state index contributed by atoms with van der Waals surface area (Å²) < 4.78 is 5.83. The zero-order chi connectivity index (χ0) is 13.3. The molecule has 3 atom stereocenters. The van der Waals surface area contributed by atoms with Crippen molar-refractivity contribution in [1.29, 1.82) is 0 Å². The van der Waals surface area contributed by atoms with E-state index in [9.17, 15) is 9.90 Å². The summed E-state index contributed by atoms with van der Waals surface area (Å²) in [5, 5.41) is 12.9. The normalized spacial score (nSPS) is 33.3. The molecule has 2 bridgehead atoms. The van der Waals surface area contributed by atoms with Gasteiger partial charge in [0.1, 0.15) is 0 Å². The van der Waals surface area contributed by atoms with Gasteiger partial charge in [-0.1, -0.05) is 30.3 Å². The second-order valence-corrected chi connectivity index (χ2v) is 5.18. The molecule has 0 saturated carbocycles. The van der Waals surface area contributed by atoms with Crippen LogP contribution in [0.1, 0.15) is 18.4 Å². The molecule has 5 nitrogen and oxygen atoms in total. The van der Waals surface area contributed by atoms with Crippen LogP contribution >= 0.6 is 0 Å². The van der Waals surface area contributed by atoms with Crippen LogP contribution in [0.15, 0.2) is 30.3 Å². The number of ether oxygens (including phenoxy) is 1. The third-order valence-corrected chi connectivity index (χ3v) is 4.01. The molecule has 1 aromatic carbocycles. The second-order valence-electron chi connectivity index (χ2n) is 5.18. The highest BCUT2D eigenvalue weighted by Crippen LogP contribution is 2.33. The summed E-state index contributed by atoms with van der Waals surface area (Å²) in [6, 6.07) is 10.1. The van der Waals surface area contributed by atoms with E-state index in [0.29, 0.717) is 25.7 Å². The van der Waals surface area contributed by atoms with Crippen molar-refractivity contribution in [1.82, 2.24) is 10.2 Å².